The Labute approximate surface area is 136 Å². The second-order valence-electron chi connectivity index (χ2n) is 4.74. The number of carbonyl (C=O) groups excluding carboxylic acids is 1. The third-order valence-electron chi connectivity index (χ3n) is 3.30. The Balaban J connectivity index is 1.95. The Kier molecular flexibility index (Phi) is 3.88. The van der Waals surface area contributed by atoms with Crippen molar-refractivity contribution in [2.24, 2.45) is 0 Å². The van der Waals surface area contributed by atoms with E-state index in [9.17, 15) is 4.79 Å². The lowest BCUT2D eigenvalue weighted by Crippen LogP contribution is -2.13. The Morgan fingerprint density at radius 1 is 1.05 bits per heavy atom. The zero-order valence-corrected chi connectivity index (χ0v) is 13.6. The average molecular weight is 388 g/mol. The molecule has 0 bridgehead atoms. The summed E-state index contributed by atoms with van der Waals surface area (Å²) in [6, 6.07) is 17.3. The lowest BCUT2D eigenvalue weighted by Gasteiger charge is -2.08. The first-order valence-corrected chi connectivity index (χ1v) is 7.65. The molecule has 1 heterocycles. The molecule has 0 unspecified atom stereocenters. The van der Waals surface area contributed by atoms with Crippen LogP contribution < -0.4 is 5.32 Å². The third kappa shape index (κ3) is 2.90. The maximum Gasteiger partial charge on any atom is 0.257 e. The van der Waals surface area contributed by atoms with E-state index < -0.39 is 0 Å². The summed E-state index contributed by atoms with van der Waals surface area (Å²) in [5, 5.41) is 4.86. The van der Waals surface area contributed by atoms with E-state index in [0.717, 1.165) is 20.0 Å². The molecule has 0 saturated heterocycles. The number of rotatable bonds is 2. The SMILES string of the molecule is Cc1nc(NC(=O)c2cccc3ccccc23)ccc1I. The zero-order valence-electron chi connectivity index (χ0n) is 11.4. The number of amides is 1. The molecule has 3 nitrogen and oxygen atoms in total. The lowest BCUT2D eigenvalue weighted by atomic mass is 10.0. The van der Waals surface area contributed by atoms with Crippen LogP contribution >= 0.6 is 22.6 Å². The minimum absolute atomic E-state index is 0.139. The Morgan fingerprint density at radius 2 is 1.81 bits per heavy atom. The highest BCUT2D eigenvalue weighted by Gasteiger charge is 2.10. The third-order valence-corrected chi connectivity index (χ3v) is 4.44. The number of halogens is 1. The normalized spacial score (nSPS) is 10.6. The van der Waals surface area contributed by atoms with Gasteiger partial charge in [0.05, 0.1) is 5.69 Å². The molecule has 2 aromatic carbocycles. The van der Waals surface area contributed by atoms with Crippen LogP contribution in [0.25, 0.3) is 10.8 Å². The second kappa shape index (κ2) is 5.81. The summed E-state index contributed by atoms with van der Waals surface area (Å²) < 4.78 is 1.08. The van der Waals surface area contributed by atoms with E-state index in [1.165, 1.54) is 0 Å². The molecule has 21 heavy (non-hydrogen) atoms. The maximum absolute atomic E-state index is 12.5. The molecule has 0 radical (unpaired) electrons. The standard InChI is InChI=1S/C17H13IN2O/c1-11-15(18)9-10-16(19-11)20-17(21)14-8-4-6-12-5-2-3-7-13(12)14/h2-10H,1H3,(H,19,20,21). The van der Waals surface area contributed by atoms with Crippen molar-refractivity contribution in [3.8, 4) is 0 Å². The predicted octanol–water partition coefficient (Wildman–Crippen LogP) is 4.40. The van der Waals surface area contributed by atoms with E-state index in [2.05, 4.69) is 32.9 Å². The van der Waals surface area contributed by atoms with E-state index in [-0.39, 0.29) is 5.91 Å². The summed E-state index contributed by atoms with van der Waals surface area (Å²) >= 11 is 2.22. The molecule has 3 rings (SSSR count). The van der Waals surface area contributed by atoms with Crippen molar-refractivity contribution in [2.75, 3.05) is 5.32 Å². The van der Waals surface area contributed by atoms with Crippen molar-refractivity contribution < 1.29 is 4.79 Å². The zero-order chi connectivity index (χ0) is 14.8. The highest BCUT2D eigenvalue weighted by Crippen LogP contribution is 2.20. The van der Waals surface area contributed by atoms with Crippen LogP contribution in [0.4, 0.5) is 5.82 Å². The topological polar surface area (TPSA) is 42.0 Å². The molecule has 0 aliphatic heterocycles. The Bertz CT molecular complexity index is 825. The molecule has 3 aromatic rings. The number of carbonyl (C=O) groups is 1. The molecule has 104 valence electrons. The number of nitrogens with one attached hydrogen (secondary N) is 1. The lowest BCUT2D eigenvalue weighted by molar-refractivity contribution is 0.102. The highest BCUT2D eigenvalue weighted by molar-refractivity contribution is 14.1. The largest absolute Gasteiger partial charge is 0.307 e. The van der Waals surface area contributed by atoms with Gasteiger partial charge < -0.3 is 5.32 Å². The fourth-order valence-electron chi connectivity index (χ4n) is 2.22. The van der Waals surface area contributed by atoms with E-state index in [1.807, 2.05) is 61.5 Å². The predicted molar refractivity (Wildman–Crippen MR) is 93.6 cm³/mol. The second-order valence-corrected chi connectivity index (χ2v) is 5.91. The molecule has 0 fully saturated rings. The highest BCUT2D eigenvalue weighted by atomic mass is 127. The molecule has 0 atom stereocenters. The number of anilines is 1. The van der Waals surface area contributed by atoms with E-state index in [0.29, 0.717) is 11.4 Å². The molecule has 0 aliphatic carbocycles. The van der Waals surface area contributed by atoms with Crippen molar-refractivity contribution in [3.05, 3.63) is 69.4 Å². The van der Waals surface area contributed by atoms with Crippen LogP contribution in [0.2, 0.25) is 0 Å². The van der Waals surface area contributed by atoms with Crippen molar-refractivity contribution in [1.29, 1.82) is 0 Å². The van der Waals surface area contributed by atoms with Crippen molar-refractivity contribution in [3.63, 3.8) is 0 Å². The number of hydrogen-bond acceptors (Lipinski definition) is 2. The molecule has 0 spiro atoms. The van der Waals surface area contributed by atoms with Gasteiger partial charge >= 0.3 is 0 Å². The number of nitrogens with zero attached hydrogens (tertiary/aromatic N) is 1. The van der Waals surface area contributed by atoms with Crippen molar-refractivity contribution in [2.45, 2.75) is 6.92 Å². The maximum atomic E-state index is 12.5. The molecule has 0 saturated carbocycles. The van der Waals surface area contributed by atoms with Crippen molar-refractivity contribution >= 4 is 45.1 Å². The van der Waals surface area contributed by atoms with Gasteiger partial charge in [-0.15, -0.1) is 0 Å². The van der Waals surface area contributed by atoms with Gasteiger partial charge in [-0.05, 0) is 58.5 Å². The van der Waals surface area contributed by atoms with Gasteiger partial charge in [-0.2, -0.15) is 0 Å². The summed E-state index contributed by atoms with van der Waals surface area (Å²) in [6.07, 6.45) is 0. The molecular weight excluding hydrogens is 375 g/mol. The average Bonchev–Trinajstić information content (AvgIpc) is 2.50. The first-order chi connectivity index (χ1) is 10.1. The Morgan fingerprint density at radius 3 is 2.62 bits per heavy atom. The number of benzene rings is 2. The Hall–Kier alpha value is -1.95. The molecular formula is C17H13IN2O. The molecule has 0 aliphatic rings. The number of aryl methyl sites for hydroxylation is 1. The summed E-state index contributed by atoms with van der Waals surface area (Å²) in [7, 11) is 0. The van der Waals surface area contributed by atoms with Gasteiger partial charge in [0, 0.05) is 9.13 Å². The quantitative estimate of drug-likeness (QED) is 0.662. The van der Waals surface area contributed by atoms with Crippen molar-refractivity contribution in [1.82, 2.24) is 4.98 Å². The van der Waals surface area contributed by atoms with Crippen LogP contribution in [0.15, 0.2) is 54.6 Å². The molecule has 1 N–H and O–H groups in total. The number of hydrogen-bond donors (Lipinski definition) is 1. The van der Waals surface area contributed by atoms with Gasteiger partial charge in [-0.3, -0.25) is 4.79 Å². The summed E-state index contributed by atoms with van der Waals surface area (Å²) in [4.78, 5) is 16.9. The summed E-state index contributed by atoms with van der Waals surface area (Å²) in [5.74, 6) is 0.436. The van der Waals surface area contributed by atoms with Gasteiger partial charge in [0.15, 0.2) is 0 Å². The first kappa shape index (κ1) is 14.0. The summed E-state index contributed by atoms with van der Waals surface area (Å²) in [5.41, 5.74) is 1.57. The van der Waals surface area contributed by atoms with E-state index in [4.69, 9.17) is 0 Å². The smallest absolute Gasteiger partial charge is 0.257 e. The minimum Gasteiger partial charge on any atom is -0.307 e. The van der Waals surface area contributed by atoms with Crippen LogP contribution in [0.3, 0.4) is 0 Å². The van der Waals surface area contributed by atoms with E-state index in [1.54, 1.807) is 0 Å². The molecule has 1 amide bonds. The minimum atomic E-state index is -0.139. The van der Waals surface area contributed by atoms with Crippen LogP contribution in [0.5, 0.6) is 0 Å². The van der Waals surface area contributed by atoms with Gasteiger partial charge in [-0.25, -0.2) is 4.98 Å². The number of aromatic nitrogens is 1. The van der Waals surface area contributed by atoms with Gasteiger partial charge in [0.25, 0.3) is 5.91 Å². The fourth-order valence-corrected chi connectivity index (χ4v) is 2.52. The van der Waals surface area contributed by atoms with Crippen LogP contribution in [-0.2, 0) is 0 Å². The number of fused-ring (bicyclic) bond motifs is 1. The molecule has 1 aromatic heterocycles. The van der Waals surface area contributed by atoms with Crippen LogP contribution in [0, 0.1) is 10.5 Å². The van der Waals surface area contributed by atoms with Gasteiger partial charge in [0.2, 0.25) is 0 Å². The fraction of sp³-hybridized carbons (Fsp3) is 0.0588. The monoisotopic (exact) mass is 388 g/mol. The van der Waals surface area contributed by atoms with Crippen LogP contribution in [0.1, 0.15) is 16.1 Å². The van der Waals surface area contributed by atoms with Gasteiger partial charge in [0.1, 0.15) is 5.82 Å². The number of pyridine rings is 1. The summed E-state index contributed by atoms with van der Waals surface area (Å²) in [6.45, 7) is 1.93. The molecule has 4 heteroatoms. The van der Waals surface area contributed by atoms with E-state index >= 15 is 0 Å². The van der Waals surface area contributed by atoms with Gasteiger partial charge in [-0.1, -0.05) is 36.4 Å². The van der Waals surface area contributed by atoms with Crippen LogP contribution in [-0.4, -0.2) is 10.9 Å². The first-order valence-electron chi connectivity index (χ1n) is 6.57.